The number of carbonyl (C=O) groups excluding carboxylic acids is 1. The number of ether oxygens (including phenoxy) is 3. The van der Waals surface area contributed by atoms with Crippen molar-refractivity contribution >= 4 is 34.7 Å². The van der Waals surface area contributed by atoms with Gasteiger partial charge < -0.3 is 29.7 Å². The highest BCUT2D eigenvalue weighted by molar-refractivity contribution is 7.99. The third kappa shape index (κ3) is 4.34. The van der Waals surface area contributed by atoms with Crippen LogP contribution in [0.4, 0.5) is 5.82 Å². The Kier molecular flexibility index (Phi) is 6.66. The largest absolute Gasteiger partial charge is 0.465 e. The van der Waals surface area contributed by atoms with Crippen LogP contribution < -0.4 is 5.32 Å². The average Bonchev–Trinajstić information content (AvgIpc) is 3.59. The van der Waals surface area contributed by atoms with Crippen LogP contribution in [0.5, 0.6) is 0 Å². The molecule has 2 fully saturated rings. The Morgan fingerprint density at radius 1 is 1.26 bits per heavy atom. The SMILES string of the molecule is COC(=O)c1ccccc1SC[C@H]1O[C@@H](n2cnc3c(NC4CCOC4)ncnc32)[C@H](O)[C@@H]1O. The number of carbonyl (C=O) groups is 1. The summed E-state index contributed by atoms with van der Waals surface area (Å²) >= 11 is 1.35. The molecule has 3 N–H and O–H groups in total. The molecule has 180 valence electrons. The fourth-order valence-corrected chi connectivity index (χ4v) is 5.23. The first-order valence-corrected chi connectivity index (χ1v) is 11.9. The summed E-state index contributed by atoms with van der Waals surface area (Å²) < 4.78 is 17.9. The fourth-order valence-electron chi connectivity index (χ4n) is 4.13. The lowest BCUT2D eigenvalue weighted by molar-refractivity contribution is -0.0289. The Hall–Kier alpha value is -2.77. The molecule has 1 unspecified atom stereocenters. The molecule has 0 bridgehead atoms. The van der Waals surface area contributed by atoms with E-state index in [1.807, 2.05) is 6.07 Å². The second-order valence-electron chi connectivity index (χ2n) is 8.10. The zero-order valence-corrected chi connectivity index (χ0v) is 19.2. The summed E-state index contributed by atoms with van der Waals surface area (Å²) in [6, 6.07) is 7.20. The fraction of sp³-hybridized carbons (Fsp3) is 0.455. The molecule has 0 aliphatic carbocycles. The molecule has 0 amide bonds. The third-order valence-corrected chi connectivity index (χ3v) is 7.10. The first-order chi connectivity index (χ1) is 16.6. The first-order valence-electron chi connectivity index (χ1n) is 10.9. The van der Waals surface area contributed by atoms with Crippen LogP contribution in [0.25, 0.3) is 11.2 Å². The van der Waals surface area contributed by atoms with Gasteiger partial charge in [0.25, 0.3) is 0 Å². The van der Waals surface area contributed by atoms with Gasteiger partial charge in [-0.15, -0.1) is 11.8 Å². The van der Waals surface area contributed by atoms with Crippen molar-refractivity contribution in [2.24, 2.45) is 0 Å². The summed E-state index contributed by atoms with van der Waals surface area (Å²) in [4.78, 5) is 25.8. The molecule has 5 rings (SSSR count). The summed E-state index contributed by atoms with van der Waals surface area (Å²) in [5.41, 5.74) is 1.46. The van der Waals surface area contributed by atoms with Gasteiger partial charge in [0.1, 0.15) is 18.5 Å². The monoisotopic (exact) mass is 487 g/mol. The van der Waals surface area contributed by atoms with Crippen LogP contribution in [0.2, 0.25) is 0 Å². The number of imidazole rings is 1. The van der Waals surface area contributed by atoms with E-state index in [9.17, 15) is 15.0 Å². The Morgan fingerprint density at radius 2 is 2.12 bits per heavy atom. The van der Waals surface area contributed by atoms with Gasteiger partial charge in [-0.2, -0.15) is 0 Å². The van der Waals surface area contributed by atoms with Gasteiger partial charge in [-0.05, 0) is 18.6 Å². The third-order valence-electron chi connectivity index (χ3n) is 5.94. The van der Waals surface area contributed by atoms with Crippen molar-refractivity contribution in [2.45, 2.75) is 41.9 Å². The van der Waals surface area contributed by atoms with E-state index < -0.39 is 30.5 Å². The Morgan fingerprint density at radius 3 is 2.91 bits per heavy atom. The summed E-state index contributed by atoms with van der Waals surface area (Å²) in [6.45, 7) is 1.30. The molecule has 12 heteroatoms. The van der Waals surface area contributed by atoms with E-state index in [2.05, 4.69) is 20.3 Å². The number of esters is 1. The minimum atomic E-state index is -1.19. The second kappa shape index (κ2) is 9.84. The maximum Gasteiger partial charge on any atom is 0.338 e. The highest BCUT2D eigenvalue weighted by Gasteiger charge is 2.44. The number of aliphatic hydroxyl groups excluding tert-OH is 2. The van der Waals surface area contributed by atoms with E-state index >= 15 is 0 Å². The van der Waals surface area contributed by atoms with Crippen LogP contribution >= 0.6 is 11.8 Å². The number of aromatic nitrogens is 4. The summed E-state index contributed by atoms with van der Waals surface area (Å²) in [6.07, 6.45) is -0.0429. The molecule has 4 heterocycles. The van der Waals surface area contributed by atoms with Crippen molar-refractivity contribution in [1.29, 1.82) is 0 Å². The van der Waals surface area contributed by atoms with Gasteiger partial charge in [0.05, 0.1) is 37.8 Å². The minimum absolute atomic E-state index is 0.146. The number of rotatable bonds is 7. The number of anilines is 1. The van der Waals surface area contributed by atoms with Gasteiger partial charge in [-0.3, -0.25) is 4.57 Å². The molecule has 1 aromatic carbocycles. The second-order valence-corrected chi connectivity index (χ2v) is 9.16. The topological polar surface area (TPSA) is 141 Å². The average molecular weight is 488 g/mol. The van der Waals surface area contributed by atoms with Crippen molar-refractivity contribution in [3.63, 3.8) is 0 Å². The van der Waals surface area contributed by atoms with Crippen LogP contribution in [-0.2, 0) is 14.2 Å². The number of methoxy groups -OCH3 is 1. The van der Waals surface area contributed by atoms with Gasteiger partial charge in [-0.25, -0.2) is 19.7 Å². The zero-order valence-electron chi connectivity index (χ0n) is 18.4. The highest BCUT2D eigenvalue weighted by Crippen LogP contribution is 2.35. The molecule has 0 saturated carbocycles. The number of thioether (sulfide) groups is 1. The van der Waals surface area contributed by atoms with E-state index in [1.165, 1.54) is 31.5 Å². The first kappa shape index (κ1) is 23.0. The molecule has 0 radical (unpaired) electrons. The number of fused-ring (bicyclic) bond motifs is 1. The van der Waals surface area contributed by atoms with E-state index in [-0.39, 0.29) is 6.04 Å². The van der Waals surface area contributed by atoms with E-state index in [0.29, 0.717) is 46.4 Å². The summed E-state index contributed by atoms with van der Waals surface area (Å²) in [7, 11) is 1.33. The summed E-state index contributed by atoms with van der Waals surface area (Å²) in [5, 5.41) is 24.8. The number of nitrogens with one attached hydrogen (secondary N) is 1. The molecule has 0 spiro atoms. The summed E-state index contributed by atoms with van der Waals surface area (Å²) in [5.74, 6) is 0.463. The van der Waals surface area contributed by atoms with E-state index in [0.717, 1.165) is 6.42 Å². The molecule has 2 aliphatic rings. The van der Waals surface area contributed by atoms with Crippen molar-refractivity contribution in [3.05, 3.63) is 42.5 Å². The molecule has 11 nitrogen and oxygen atoms in total. The number of hydrogen-bond acceptors (Lipinski definition) is 11. The van der Waals surface area contributed by atoms with Crippen molar-refractivity contribution in [2.75, 3.05) is 31.4 Å². The van der Waals surface area contributed by atoms with Crippen LogP contribution in [0, 0.1) is 0 Å². The Bertz CT molecular complexity index is 1170. The van der Waals surface area contributed by atoms with E-state index in [1.54, 1.807) is 22.8 Å². The number of aliphatic hydroxyl groups is 2. The van der Waals surface area contributed by atoms with Crippen LogP contribution in [0.1, 0.15) is 23.0 Å². The predicted octanol–water partition coefficient (Wildman–Crippen LogP) is 1.23. The molecular weight excluding hydrogens is 462 g/mol. The maximum atomic E-state index is 12.0. The number of benzene rings is 1. The lowest BCUT2D eigenvalue weighted by atomic mass is 10.1. The number of nitrogens with zero attached hydrogens (tertiary/aromatic N) is 4. The normalized spacial score (nSPS) is 26.7. The van der Waals surface area contributed by atoms with Gasteiger partial charge >= 0.3 is 5.97 Å². The molecule has 2 saturated heterocycles. The molecule has 2 aromatic heterocycles. The van der Waals surface area contributed by atoms with Crippen molar-refractivity contribution in [3.8, 4) is 0 Å². The quantitative estimate of drug-likeness (QED) is 0.327. The van der Waals surface area contributed by atoms with Crippen LogP contribution in [0.15, 0.2) is 41.8 Å². The highest BCUT2D eigenvalue weighted by atomic mass is 32.2. The van der Waals surface area contributed by atoms with Gasteiger partial charge in [0, 0.05) is 17.3 Å². The Balaban J connectivity index is 1.33. The van der Waals surface area contributed by atoms with Crippen LogP contribution in [0.3, 0.4) is 0 Å². The van der Waals surface area contributed by atoms with Gasteiger partial charge in [0.15, 0.2) is 23.2 Å². The lowest BCUT2D eigenvalue weighted by Crippen LogP contribution is -2.32. The smallest absolute Gasteiger partial charge is 0.338 e. The lowest BCUT2D eigenvalue weighted by Gasteiger charge is -2.17. The molecular formula is C22H25N5O6S. The van der Waals surface area contributed by atoms with Crippen molar-refractivity contribution < 1.29 is 29.2 Å². The Labute approximate surface area is 199 Å². The van der Waals surface area contributed by atoms with Crippen LogP contribution in [-0.4, -0.2) is 86.1 Å². The maximum absolute atomic E-state index is 12.0. The molecule has 2 aliphatic heterocycles. The molecule has 34 heavy (non-hydrogen) atoms. The standard InChI is InChI=1S/C22H25N5O6S/c1-31-22(30)13-4-2-3-5-15(13)34-9-14-17(28)18(29)21(33-14)27-11-25-16-19(23-10-24-20(16)27)26-12-6-7-32-8-12/h2-5,10-12,14,17-18,21,28-29H,6-9H2,1H3,(H,23,24,26)/t12?,14-,17-,18-,21-/m1/s1. The van der Waals surface area contributed by atoms with Gasteiger partial charge in [-0.1, -0.05) is 12.1 Å². The molecule has 3 aromatic rings. The van der Waals surface area contributed by atoms with Gasteiger partial charge in [0.2, 0.25) is 0 Å². The zero-order chi connectivity index (χ0) is 23.7. The minimum Gasteiger partial charge on any atom is -0.465 e. The van der Waals surface area contributed by atoms with Crippen molar-refractivity contribution in [1.82, 2.24) is 19.5 Å². The van der Waals surface area contributed by atoms with E-state index in [4.69, 9.17) is 14.2 Å². The predicted molar refractivity (Wildman–Crippen MR) is 123 cm³/mol. The number of hydrogen-bond donors (Lipinski definition) is 3. The molecule has 5 atom stereocenters.